The molecule has 3 aromatic heterocycles. The molecule has 0 bridgehead atoms. The highest BCUT2D eigenvalue weighted by Gasteiger charge is 2.32. The van der Waals surface area contributed by atoms with Crippen LogP contribution in [0.1, 0.15) is 100 Å². The van der Waals surface area contributed by atoms with Crippen LogP contribution < -0.4 is 4.74 Å². The fourth-order valence-corrected chi connectivity index (χ4v) is 7.68. The summed E-state index contributed by atoms with van der Waals surface area (Å²) < 4.78 is 11.2. The molecular formula is C42H46N4O. The van der Waals surface area contributed by atoms with E-state index in [2.05, 4.69) is 137 Å². The number of pyridine rings is 1. The van der Waals surface area contributed by atoms with E-state index in [4.69, 9.17) is 14.8 Å². The van der Waals surface area contributed by atoms with Crippen LogP contribution in [-0.2, 0) is 0 Å². The molecule has 47 heavy (non-hydrogen) atoms. The third-order valence-electron chi connectivity index (χ3n) is 9.99. The second kappa shape index (κ2) is 12.2. The maximum atomic E-state index is 6.75. The number of benzene rings is 3. The average molecular weight is 623 g/mol. The van der Waals surface area contributed by atoms with Crippen molar-refractivity contribution >= 4 is 21.8 Å². The zero-order chi connectivity index (χ0) is 33.0. The first-order chi connectivity index (χ1) is 22.6. The minimum Gasteiger partial charge on any atom is -0.457 e. The van der Waals surface area contributed by atoms with Crippen LogP contribution in [0.4, 0.5) is 0 Å². The summed E-state index contributed by atoms with van der Waals surface area (Å²) >= 11 is 0. The third-order valence-corrected chi connectivity index (χ3v) is 9.99. The Hall–Kier alpha value is -4.64. The van der Waals surface area contributed by atoms with E-state index in [1.807, 2.05) is 12.3 Å². The monoisotopic (exact) mass is 622 g/mol. The van der Waals surface area contributed by atoms with Gasteiger partial charge in [-0.25, -0.2) is 9.67 Å². The lowest BCUT2D eigenvalue weighted by Crippen LogP contribution is -2.18. The van der Waals surface area contributed by atoms with Crippen molar-refractivity contribution in [3.63, 3.8) is 0 Å². The molecule has 0 unspecified atom stereocenters. The number of allylic oxidation sites excluding steroid dienone is 2. The van der Waals surface area contributed by atoms with E-state index in [9.17, 15) is 0 Å². The molecule has 3 heterocycles. The summed E-state index contributed by atoms with van der Waals surface area (Å²) in [5.41, 5.74) is 11.0. The minimum atomic E-state index is 0.319. The molecule has 0 spiro atoms. The Balaban J connectivity index is 1.35. The Bertz CT molecular complexity index is 2140. The van der Waals surface area contributed by atoms with Crippen molar-refractivity contribution in [3.05, 3.63) is 119 Å². The van der Waals surface area contributed by atoms with E-state index in [1.165, 1.54) is 51.6 Å². The van der Waals surface area contributed by atoms with Crippen LogP contribution in [-0.4, -0.2) is 19.3 Å². The molecule has 0 aliphatic heterocycles. The Labute approximate surface area is 278 Å². The normalized spacial score (nSPS) is 16.9. The lowest BCUT2D eigenvalue weighted by atomic mass is 9.74. The zero-order valence-electron chi connectivity index (χ0n) is 29.0. The highest BCUT2D eigenvalue weighted by Crippen LogP contribution is 2.44. The van der Waals surface area contributed by atoms with Crippen LogP contribution in [0.15, 0.2) is 90.6 Å². The fourth-order valence-electron chi connectivity index (χ4n) is 7.68. The highest BCUT2D eigenvalue weighted by molar-refractivity contribution is 6.09. The van der Waals surface area contributed by atoms with Gasteiger partial charge in [0.1, 0.15) is 17.3 Å². The number of para-hydroxylation sites is 1. The summed E-state index contributed by atoms with van der Waals surface area (Å²) in [7, 11) is 0. The number of hydrogen-bond donors (Lipinski definition) is 0. The topological polar surface area (TPSA) is 44.9 Å². The Kier molecular flexibility index (Phi) is 8.03. The van der Waals surface area contributed by atoms with Crippen LogP contribution in [0.25, 0.3) is 33.3 Å². The predicted octanol–water partition coefficient (Wildman–Crippen LogP) is 11.5. The molecule has 5 heteroatoms. The van der Waals surface area contributed by atoms with E-state index in [0.717, 1.165) is 39.7 Å². The van der Waals surface area contributed by atoms with Gasteiger partial charge in [0.15, 0.2) is 0 Å². The third kappa shape index (κ3) is 5.56. The summed E-state index contributed by atoms with van der Waals surface area (Å²) in [6, 6.07) is 25.7. The SMILES string of the molecule is CC1=CCC[C@H](C)[C@@H]1c1c(C)nn(-c2cc(Oc3ccc4c5ccccc5n(-c5cc(C)ccn5)c4c3)cc(C(C)C)c2)c1C(C)C. The molecule has 5 nitrogen and oxygen atoms in total. The molecule has 0 N–H and O–H groups in total. The van der Waals surface area contributed by atoms with Gasteiger partial charge in [-0.15, -0.1) is 0 Å². The predicted molar refractivity (Wildman–Crippen MR) is 195 cm³/mol. The average Bonchev–Trinajstić information content (AvgIpc) is 3.55. The minimum absolute atomic E-state index is 0.319. The first-order valence-electron chi connectivity index (χ1n) is 17.2. The molecule has 0 radical (unpaired) electrons. The van der Waals surface area contributed by atoms with Crippen molar-refractivity contribution in [3.8, 4) is 23.0 Å². The van der Waals surface area contributed by atoms with Gasteiger partial charge in [0.2, 0.25) is 0 Å². The molecule has 0 amide bonds. The van der Waals surface area contributed by atoms with Gasteiger partial charge in [-0.1, -0.05) is 64.5 Å². The molecule has 2 atom stereocenters. The smallest absolute Gasteiger partial charge is 0.137 e. The summed E-state index contributed by atoms with van der Waals surface area (Å²) in [6.45, 7) is 18.1. The van der Waals surface area contributed by atoms with Gasteiger partial charge in [-0.05, 0) is 105 Å². The van der Waals surface area contributed by atoms with Crippen molar-refractivity contribution in [2.45, 2.75) is 86.0 Å². The largest absolute Gasteiger partial charge is 0.457 e. The first kappa shape index (κ1) is 31.0. The van der Waals surface area contributed by atoms with E-state index in [0.29, 0.717) is 23.7 Å². The fraction of sp³-hybridized carbons (Fsp3) is 0.333. The molecule has 7 rings (SSSR count). The van der Waals surface area contributed by atoms with Crippen molar-refractivity contribution in [2.24, 2.45) is 5.92 Å². The van der Waals surface area contributed by atoms with Crippen LogP contribution in [0.5, 0.6) is 11.5 Å². The number of rotatable bonds is 7. The molecule has 1 aliphatic carbocycles. The number of nitrogens with zero attached hydrogens (tertiary/aromatic N) is 4. The number of fused-ring (bicyclic) bond motifs is 3. The van der Waals surface area contributed by atoms with Crippen molar-refractivity contribution in [1.82, 2.24) is 19.3 Å². The van der Waals surface area contributed by atoms with Crippen molar-refractivity contribution < 1.29 is 4.74 Å². The second-order valence-corrected chi connectivity index (χ2v) is 14.2. The van der Waals surface area contributed by atoms with Crippen LogP contribution in [0.3, 0.4) is 0 Å². The van der Waals surface area contributed by atoms with Gasteiger partial charge in [-0.2, -0.15) is 5.10 Å². The standard InChI is InChI=1S/C42H46N4O/c1-25(2)31-21-32(46-42(26(3)4)41(30(8)44-46)40-28(6)12-11-13-29(40)7)23-34(22-31)47-33-16-17-36-35-14-9-10-15-37(35)45(38(36)24-33)39-20-27(5)18-19-43-39/h9-10,12,14-26,29,40H,11,13H2,1-8H3/t29-,40+/m0/s1. The molecule has 240 valence electrons. The zero-order valence-corrected chi connectivity index (χ0v) is 29.0. The van der Waals surface area contributed by atoms with Gasteiger partial charge in [-0.3, -0.25) is 4.57 Å². The summed E-state index contributed by atoms with van der Waals surface area (Å²) in [5, 5.41) is 7.61. The number of aromatic nitrogens is 4. The van der Waals surface area contributed by atoms with Crippen LogP contribution in [0.2, 0.25) is 0 Å². The van der Waals surface area contributed by atoms with Gasteiger partial charge in [0.05, 0.1) is 28.1 Å². The Morgan fingerprint density at radius 1 is 0.809 bits per heavy atom. The number of ether oxygens (including phenoxy) is 1. The maximum absolute atomic E-state index is 6.75. The van der Waals surface area contributed by atoms with Crippen LogP contribution >= 0.6 is 0 Å². The van der Waals surface area contributed by atoms with Crippen molar-refractivity contribution in [2.75, 3.05) is 0 Å². The quantitative estimate of drug-likeness (QED) is 0.166. The molecule has 0 saturated carbocycles. The highest BCUT2D eigenvalue weighted by atomic mass is 16.5. The van der Waals surface area contributed by atoms with Gasteiger partial charge < -0.3 is 4.74 Å². The summed E-state index contributed by atoms with van der Waals surface area (Å²) in [5.74, 6) is 4.15. The van der Waals surface area contributed by atoms with Gasteiger partial charge in [0.25, 0.3) is 0 Å². The van der Waals surface area contributed by atoms with E-state index in [1.54, 1.807) is 0 Å². The lowest BCUT2D eigenvalue weighted by Gasteiger charge is -2.30. The number of hydrogen-bond acceptors (Lipinski definition) is 3. The van der Waals surface area contributed by atoms with E-state index in [-0.39, 0.29) is 0 Å². The van der Waals surface area contributed by atoms with Gasteiger partial charge in [0, 0.05) is 40.6 Å². The first-order valence-corrected chi connectivity index (χ1v) is 17.2. The van der Waals surface area contributed by atoms with E-state index < -0.39 is 0 Å². The molecule has 0 fully saturated rings. The Morgan fingerprint density at radius 2 is 1.60 bits per heavy atom. The molecule has 0 saturated heterocycles. The molecule has 3 aromatic carbocycles. The molecule has 1 aliphatic rings. The van der Waals surface area contributed by atoms with Crippen LogP contribution in [0, 0.1) is 19.8 Å². The lowest BCUT2D eigenvalue weighted by molar-refractivity contribution is 0.445. The summed E-state index contributed by atoms with van der Waals surface area (Å²) in [6.07, 6.45) is 6.69. The Morgan fingerprint density at radius 3 is 2.34 bits per heavy atom. The summed E-state index contributed by atoms with van der Waals surface area (Å²) in [4.78, 5) is 4.76. The van der Waals surface area contributed by atoms with Gasteiger partial charge >= 0.3 is 0 Å². The molecule has 6 aromatic rings. The second-order valence-electron chi connectivity index (χ2n) is 14.2. The molecular weight excluding hydrogens is 576 g/mol. The van der Waals surface area contributed by atoms with Crippen molar-refractivity contribution in [1.29, 1.82) is 0 Å². The maximum Gasteiger partial charge on any atom is 0.137 e. The van der Waals surface area contributed by atoms with E-state index >= 15 is 0 Å². The number of aryl methyl sites for hydroxylation is 2.